The van der Waals surface area contributed by atoms with Gasteiger partial charge in [-0.3, -0.25) is 0 Å². The number of aldehydes is 1. The number of pyridine rings is 1. The summed E-state index contributed by atoms with van der Waals surface area (Å²) >= 11 is 5.61. The molecule has 0 N–H and O–H groups in total. The molecule has 60 valence electrons. The molecule has 0 aliphatic rings. The molecule has 0 saturated heterocycles. The Morgan fingerprint density at radius 2 is 2.42 bits per heavy atom. The van der Waals surface area contributed by atoms with Gasteiger partial charge in [-0.1, -0.05) is 17.5 Å². The molecule has 0 unspecified atom stereocenters. The van der Waals surface area contributed by atoms with Crippen LogP contribution in [0.25, 0.3) is 0 Å². The molecule has 1 aromatic heterocycles. The van der Waals surface area contributed by atoms with Gasteiger partial charge >= 0.3 is 0 Å². The Balaban J connectivity index is 2.72. The molecular formula is C9H6ClNO. The molecule has 0 atom stereocenters. The van der Waals surface area contributed by atoms with Crippen LogP contribution in [0.15, 0.2) is 18.3 Å². The molecule has 3 heteroatoms. The van der Waals surface area contributed by atoms with Gasteiger partial charge in [0, 0.05) is 6.20 Å². The van der Waals surface area contributed by atoms with Crippen LogP contribution in [0.5, 0.6) is 0 Å². The van der Waals surface area contributed by atoms with Crippen molar-refractivity contribution in [2.75, 3.05) is 0 Å². The Labute approximate surface area is 75.6 Å². The van der Waals surface area contributed by atoms with E-state index in [1.807, 2.05) is 0 Å². The summed E-state index contributed by atoms with van der Waals surface area (Å²) in [6.07, 6.45) is 2.51. The lowest BCUT2D eigenvalue weighted by atomic mass is 10.3. The molecule has 1 aromatic rings. The monoisotopic (exact) mass is 179 g/mol. The zero-order chi connectivity index (χ0) is 8.81. The van der Waals surface area contributed by atoms with E-state index in [9.17, 15) is 4.79 Å². The highest BCUT2D eigenvalue weighted by Crippen LogP contribution is 2.04. The van der Waals surface area contributed by atoms with Gasteiger partial charge in [0.1, 0.15) is 12.0 Å². The van der Waals surface area contributed by atoms with E-state index in [0.29, 0.717) is 10.7 Å². The highest BCUT2D eigenvalue weighted by Gasteiger charge is 1.87. The van der Waals surface area contributed by atoms with Crippen molar-refractivity contribution < 1.29 is 4.79 Å². The van der Waals surface area contributed by atoms with Crippen molar-refractivity contribution in [3.63, 3.8) is 0 Å². The molecular weight excluding hydrogens is 174 g/mol. The zero-order valence-corrected chi connectivity index (χ0v) is 7.01. The average Bonchev–Trinajstić information content (AvgIpc) is 2.09. The number of hydrogen-bond acceptors (Lipinski definition) is 2. The van der Waals surface area contributed by atoms with Crippen LogP contribution >= 0.6 is 11.6 Å². The van der Waals surface area contributed by atoms with Gasteiger partial charge in [0.05, 0.1) is 11.4 Å². The first-order valence-corrected chi connectivity index (χ1v) is 3.75. The second-order valence-corrected chi connectivity index (χ2v) is 2.47. The van der Waals surface area contributed by atoms with E-state index in [1.165, 1.54) is 6.20 Å². The Morgan fingerprint density at radius 3 is 3.00 bits per heavy atom. The third-order valence-corrected chi connectivity index (χ3v) is 1.35. The van der Waals surface area contributed by atoms with Crippen LogP contribution < -0.4 is 0 Å². The minimum Gasteiger partial charge on any atom is -0.302 e. The average molecular weight is 180 g/mol. The van der Waals surface area contributed by atoms with Crippen LogP contribution in [0.1, 0.15) is 12.1 Å². The first-order valence-electron chi connectivity index (χ1n) is 3.37. The first-order chi connectivity index (χ1) is 5.83. The number of halogens is 1. The summed E-state index contributed by atoms with van der Waals surface area (Å²) in [4.78, 5) is 13.8. The maximum Gasteiger partial charge on any atom is 0.131 e. The molecule has 0 aromatic carbocycles. The van der Waals surface area contributed by atoms with Crippen molar-refractivity contribution >= 4 is 17.9 Å². The van der Waals surface area contributed by atoms with Gasteiger partial charge in [0.2, 0.25) is 0 Å². The highest BCUT2D eigenvalue weighted by atomic mass is 35.5. The van der Waals surface area contributed by atoms with Gasteiger partial charge in [0.15, 0.2) is 0 Å². The van der Waals surface area contributed by atoms with Crippen LogP contribution in [-0.4, -0.2) is 11.3 Å². The molecule has 0 spiro atoms. The van der Waals surface area contributed by atoms with Crippen LogP contribution in [0.2, 0.25) is 5.02 Å². The van der Waals surface area contributed by atoms with E-state index in [2.05, 4.69) is 16.8 Å². The summed E-state index contributed by atoms with van der Waals surface area (Å²) in [5.74, 6) is 5.37. The zero-order valence-electron chi connectivity index (χ0n) is 6.25. The lowest BCUT2D eigenvalue weighted by Crippen LogP contribution is -1.79. The maximum absolute atomic E-state index is 9.91. The summed E-state index contributed by atoms with van der Waals surface area (Å²) in [5.41, 5.74) is 0.626. The molecule has 0 aliphatic heterocycles. The van der Waals surface area contributed by atoms with Crippen molar-refractivity contribution in [3.05, 3.63) is 29.0 Å². The van der Waals surface area contributed by atoms with Gasteiger partial charge in [-0.2, -0.15) is 0 Å². The second kappa shape index (κ2) is 4.53. The summed E-state index contributed by atoms with van der Waals surface area (Å²) in [6, 6.07) is 3.42. The van der Waals surface area contributed by atoms with E-state index in [1.54, 1.807) is 12.1 Å². The van der Waals surface area contributed by atoms with Crippen molar-refractivity contribution in [1.29, 1.82) is 0 Å². The van der Waals surface area contributed by atoms with Crippen molar-refractivity contribution in [2.24, 2.45) is 0 Å². The predicted octanol–water partition coefficient (Wildman–Crippen LogP) is 1.68. The number of rotatable bonds is 1. The number of carbonyl (C=O) groups is 1. The number of hydrogen-bond donors (Lipinski definition) is 0. The van der Waals surface area contributed by atoms with E-state index >= 15 is 0 Å². The SMILES string of the molecule is O=CCC#Cc1ccc(Cl)cn1. The quantitative estimate of drug-likeness (QED) is 0.485. The molecule has 0 radical (unpaired) electrons. The van der Waals surface area contributed by atoms with Crippen LogP contribution in [0.3, 0.4) is 0 Å². The third-order valence-electron chi connectivity index (χ3n) is 1.13. The predicted molar refractivity (Wildman–Crippen MR) is 46.8 cm³/mol. The summed E-state index contributed by atoms with van der Waals surface area (Å²) < 4.78 is 0. The number of nitrogens with zero attached hydrogens (tertiary/aromatic N) is 1. The maximum atomic E-state index is 9.91. The second-order valence-electron chi connectivity index (χ2n) is 2.03. The van der Waals surface area contributed by atoms with Crippen molar-refractivity contribution in [3.8, 4) is 11.8 Å². The summed E-state index contributed by atoms with van der Waals surface area (Å²) in [6.45, 7) is 0. The van der Waals surface area contributed by atoms with Gasteiger partial charge in [-0.05, 0) is 18.1 Å². The lowest BCUT2D eigenvalue weighted by Gasteiger charge is -1.88. The van der Waals surface area contributed by atoms with Crippen molar-refractivity contribution in [1.82, 2.24) is 4.98 Å². The third kappa shape index (κ3) is 2.73. The molecule has 0 saturated carbocycles. The van der Waals surface area contributed by atoms with Crippen LogP contribution in [0.4, 0.5) is 0 Å². The summed E-state index contributed by atoms with van der Waals surface area (Å²) in [5, 5.41) is 0.580. The van der Waals surface area contributed by atoms with Gasteiger partial charge in [-0.25, -0.2) is 4.98 Å². The highest BCUT2D eigenvalue weighted by molar-refractivity contribution is 6.30. The fourth-order valence-corrected chi connectivity index (χ4v) is 0.745. The molecule has 12 heavy (non-hydrogen) atoms. The topological polar surface area (TPSA) is 30.0 Å². The number of aromatic nitrogens is 1. The number of carbonyl (C=O) groups excluding carboxylic acids is 1. The molecule has 1 rings (SSSR count). The molecule has 0 aliphatic carbocycles. The Morgan fingerprint density at radius 1 is 1.58 bits per heavy atom. The Hall–Kier alpha value is -1.33. The largest absolute Gasteiger partial charge is 0.302 e. The smallest absolute Gasteiger partial charge is 0.131 e. The molecule has 2 nitrogen and oxygen atoms in total. The van der Waals surface area contributed by atoms with E-state index in [0.717, 1.165) is 6.29 Å². The first kappa shape index (κ1) is 8.76. The van der Waals surface area contributed by atoms with E-state index in [4.69, 9.17) is 11.6 Å². The van der Waals surface area contributed by atoms with Crippen LogP contribution in [-0.2, 0) is 4.79 Å². The normalized spacial score (nSPS) is 8.42. The minimum atomic E-state index is 0.240. The van der Waals surface area contributed by atoms with Crippen LogP contribution in [0, 0.1) is 11.8 Å². The standard InChI is InChI=1S/C9H6ClNO/c10-8-4-5-9(11-7-8)3-1-2-6-12/h4-7H,2H2. The van der Waals surface area contributed by atoms with Crippen molar-refractivity contribution in [2.45, 2.75) is 6.42 Å². The van der Waals surface area contributed by atoms with Gasteiger partial charge in [0.25, 0.3) is 0 Å². The van der Waals surface area contributed by atoms with Gasteiger partial charge < -0.3 is 4.79 Å². The molecule has 0 bridgehead atoms. The van der Waals surface area contributed by atoms with E-state index < -0.39 is 0 Å². The fraction of sp³-hybridized carbons (Fsp3) is 0.111. The minimum absolute atomic E-state index is 0.240. The Bertz CT molecular complexity index is 321. The van der Waals surface area contributed by atoms with E-state index in [-0.39, 0.29) is 6.42 Å². The molecule has 0 amide bonds. The molecule has 1 heterocycles. The molecule has 0 fully saturated rings. The lowest BCUT2D eigenvalue weighted by molar-refractivity contribution is -0.107. The summed E-state index contributed by atoms with van der Waals surface area (Å²) in [7, 11) is 0. The van der Waals surface area contributed by atoms with Gasteiger partial charge in [-0.15, -0.1) is 0 Å². The fourth-order valence-electron chi connectivity index (χ4n) is 0.633. The Kier molecular flexibility index (Phi) is 3.31.